The molecule has 41 heavy (non-hydrogen) atoms. The van der Waals surface area contributed by atoms with Crippen molar-refractivity contribution in [2.24, 2.45) is 7.05 Å². The van der Waals surface area contributed by atoms with E-state index in [1.807, 2.05) is 20.0 Å². The number of aromatic nitrogens is 7. The maximum atomic E-state index is 14.7. The molecule has 0 atom stereocenters. The van der Waals surface area contributed by atoms with Gasteiger partial charge >= 0.3 is 12.0 Å². The highest BCUT2D eigenvalue weighted by Gasteiger charge is 2.17. The topological polar surface area (TPSA) is 138 Å². The average Bonchev–Trinajstić information content (AvgIpc) is 3.70. The molecule has 13 heteroatoms. The monoisotopic (exact) mass is 553 g/mol. The molecule has 4 aromatic heterocycles. The third-order valence-corrected chi connectivity index (χ3v) is 6.15. The van der Waals surface area contributed by atoms with Crippen LogP contribution in [0, 0.1) is 5.82 Å². The number of hydrogen-bond acceptors (Lipinski definition) is 8. The number of ether oxygens (including phenoxy) is 1. The standard InChI is InChI=1S/C28H24FN9O3/c1-16(2)22-12-26(38(36-22)18-4-7-25-24(10-18)31-15-40-25)35-27(39)33-23-11-19(5-6-20(23)29)41-28-30-9-8-21(34-28)17-13-32-37(3)14-17/h4-16H,1-3H3,(H2,33,35,39). The summed E-state index contributed by atoms with van der Waals surface area (Å²) >= 11 is 0. The van der Waals surface area contributed by atoms with Gasteiger partial charge in [0, 0.05) is 37.1 Å². The first-order chi connectivity index (χ1) is 19.8. The summed E-state index contributed by atoms with van der Waals surface area (Å²) in [6.07, 6.45) is 6.40. The summed E-state index contributed by atoms with van der Waals surface area (Å²) in [6, 6.07) is 12.2. The normalized spacial score (nSPS) is 11.2. The second-order valence-corrected chi connectivity index (χ2v) is 9.48. The van der Waals surface area contributed by atoms with E-state index in [0.717, 1.165) is 11.3 Å². The number of halogens is 1. The Morgan fingerprint density at radius 1 is 1.07 bits per heavy atom. The maximum absolute atomic E-state index is 14.7. The van der Waals surface area contributed by atoms with Gasteiger partial charge in [0.2, 0.25) is 0 Å². The first-order valence-corrected chi connectivity index (χ1v) is 12.6. The van der Waals surface area contributed by atoms with Crippen molar-refractivity contribution in [2.75, 3.05) is 10.6 Å². The largest absolute Gasteiger partial charge is 0.443 e. The predicted octanol–water partition coefficient (Wildman–Crippen LogP) is 5.90. The highest BCUT2D eigenvalue weighted by molar-refractivity contribution is 5.99. The molecule has 0 unspecified atom stereocenters. The average molecular weight is 554 g/mol. The van der Waals surface area contributed by atoms with Gasteiger partial charge in [-0.1, -0.05) is 13.8 Å². The zero-order valence-electron chi connectivity index (χ0n) is 22.2. The fourth-order valence-electron chi connectivity index (χ4n) is 4.09. The van der Waals surface area contributed by atoms with Gasteiger partial charge in [-0.2, -0.15) is 15.2 Å². The van der Waals surface area contributed by atoms with Crippen LogP contribution in [0.25, 0.3) is 28.0 Å². The minimum Gasteiger partial charge on any atom is -0.443 e. The van der Waals surface area contributed by atoms with Crippen molar-refractivity contribution < 1.29 is 18.3 Å². The SMILES string of the molecule is CC(C)c1cc(NC(=O)Nc2cc(Oc3nccc(-c4cnn(C)c4)n3)ccc2F)n(-c2ccc3ocnc3c2)n1. The molecule has 2 amide bonds. The van der Waals surface area contributed by atoms with Gasteiger partial charge in [-0.3, -0.25) is 10.00 Å². The van der Waals surface area contributed by atoms with Crippen LogP contribution in [-0.2, 0) is 7.05 Å². The van der Waals surface area contributed by atoms with Crippen molar-refractivity contribution in [1.82, 2.24) is 34.5 Å². The van der Waals surface area contributed by atoms with Gasteiger partial charge in [0.15, 0.2) is 12.0 Å². The fraction of sp³-hybridized carbons (Fsp3) is 0.143. The highest BCUT2D eigenvalue weighted by atomic mass is 19.1. The Kier molecular flexibility index (Phi) is 6.59. The molecule has 0 aliphatic rings. The Morgan fingerprint density at radius 2 is 1.95 bits per heavy atom. The molecule has 0 aliphatic carbocycles. The van der Waals surface area contributed by atoms with Gasteiger partial charge in [-0.15, -0.1) is 0 Å². The first-order valence-electron chi connectivity index (χ1n) is 12.6. The predicted molar refractivity (Wildman–Crippen MR) is 149 cm³/mol. The second kappa shape index (κ2) is 10.5. The van der Waals surface area contributed by atoms with Crippen molar-refractivity contribution in [3.63, 3.8) is 0 Å². The number of fused-ring (bicyclic) bond motifs is 1. The van der Waals surface area contributed by atoms with Crippen LogP contribution in [0.5, 0.6) is 11.8 Å². The molecule has 0 saturated heterocycles. The number of oxazole rings is 1. The van der Waals surface area contributed by atoms with Crippen LogP contribution in [0.3, 0.4) is 0 Å². The summed E-state index contributed by atoms with van der Waals surface area (Å²) in [5, 5.41) is 14.1. The van der Waals surface area contributed by atoms with E-state index in [4.69, 9.17) is 9.15 Å². The minimum absolute atomic E-state index is 0.0579. The molecule has 4 heterocycles. The second-order valence-electron chi connectivity index (χ2n) is 9.48. The van der Waals surface area contributed by atoms with Crippen molar-refractivity contribution in [1.29, 1.82) is 0 Å². The van der Waals surface area contributed by atoms with E-state index in [2.05, 4.69) is 35.8 Å². The lowest BCUT2D eigenvalue weighted by molar-refractivity contribution is 0.262. The van der Waals surface area contributed by atoms with Crippen LogP contribution in [0.1, 0.15) is 25.5 Å². The summed E-state index contributed by atoms with van der Waals surface area (Å²) in [5.41, 5.74) is 4.01. The quantitative estimate of drug-likeness (QED) is 0.249. The number of urea groups is 1. The number of nitrogens with one attached hydrogen (secondary N) is 2. The Morgan fingerprint density at radius 3 is 2.76 bits per heavy atom. The molecule has 0 aliphatic heterocycles. The van der Waals surface area contributed by atoms with Crippen LogP contribution in [0.15, 0.2) is 77.9 Å². The van der Waals surface area contributed by atoms with Crippen LogP contribution < -0.4 is 15.4 Å². The lowest BCUT2D eigenvalue weighted by Gasteiger charge is -2.12. The number of rotatable bonds is 7. The molecule has 6 aromatic rings. The van der Waals surface area contributed by atoms with E-state index in [0.29, 0.717) is 28.3 Å². The molecule has 0 saturated carbocycles. The molecule has 2 N–H and O–H groups in total. The summed E-state index contributed by atoms with van der Waals surface area (Å²) in [4.78, 5) is 25.7. The van der Waals surface area contributed by atoms with Crippen molar-refractivity contribution in [3.05, 3.63) is 85.0 Å². The summed E-state index contributed by atoms with van der Waals surface area (Å²) in [7, 11) is 1.81. The number of carbonyl (C=O) groups excluding carboxylic acids is 1. The summed E-state index contributed by atoms with van der Waals surface area (Å²) in [6.45, 7) is 3.99. The molecule has 2 aromatic carbocycles. The van der Waals surface area contributed by atoms with E-state index in [-0.39, 0.29) is 23.4 Å². The fourth-order valence-corrected chi connectivity index (χ4v) is 4.09. The molecule has 0 bridgehead atoms. The lowest BCUT2D eigenvalue weighted by Crippen LogP contribution is -2.22. The molecular formula is C28H24FN9O3. The van der Waals surface area contributed by atoms with Crippen molar-refractivity contribution >= 4 is 28.6 Å². The van der Waals surface area contributed by atoms with E-state index in [1.165, 1.54) is 24.6 Å². The van der Waals surface area contributed by atoms with E-state index < -0.39 is 11.8 Å². The highest BCUT2D eigenvalue weighted by Crippen LogP contribution is 2.28. The van der Waals surface area contributed by atoms with Gasteiger partial charge in [0.1, 0.15) is 22.9 Å². The number of amides is 2. The van der Waals surface area contributed by atoms with Crippen LogP contribution in [0.4, 0.5) is 20.7 Å². The van der Waals surface area contributed by atoms with E-state index in [9.17, 15) is 9.18 Å². The zero-order chi connectivity index (χ0) is 28.5. The summed E-state index contributed by atoms with van der Waals surface area (Å²) < 4.78 is 29.0. The molecular weight excluding hydrogens is 529 g/mol. The minimum atomic E-state index is -0.671. The van der Waals surface area contributed by atoms with E-state index in [1.54, 1.807) is 59.1 Å². The van der Waals surface area contributed by atoms with Crippen molar-refractivity contribution in [2.45, 2.75) is 19.8 Å². The van der Waals surface area contributed by atoms with Crippen molar-refractivity contribution in [3.8, 4) is 28.7 Å². The molecule has 12 nitrogen and oxygen atoms in total. The number of nitrogens with zero attached hydrogens (tertiary/aromatic N) is 7. The Hall–Kier alpha value is -5.59. The first kappa shape index (κ1) is 25.7. The van der Waals surface area contributed by atoms with Gasteiger partial charge < -0.3 is 14.5 Å². The molecule has 0 spiro atoms. The zero-order valence-corrected chi connectivity index (χ0v) is 22.2. The van der Waals surface area contributed by atoms with Crippen LogP contribution >= 0.6 is 0 Å². The molecule has 0 radical (unpaired) electrons. The van der Waals surface area contributed by atoms with Crippen LogP contribution in [-0.4, -0.2) is 40.5 Å². The smallest absolute Gasteiger partial charge is 0.324 e. The Labute approximate surface area is 232 Å². The number of hydrogen-bond donors (Lipinski definition) is 2. The van der Waals surface area contributed by atoms with Gasteiger partial charge in [0.25, 0.3) is 0 Å². The molecule has 6 rings (SSSR count). The Bertz CT molecular complexity index is 1870. The number of anilines is 2. The van der Waals surface area contributed by atoms with E-state index >= 15 is 0 Å². The molecule has 0 fully saturated rings. The number of benzene rings is 2. The third kappa shape index (κ3) is 5.45. The number of aryl methyl sites for hydroxylation is 1. The van der Waals surface area contributed by atoms with Gasteiger partial charge in [-0.25, -0.2) is 23.8 Å². The lowest BCUT2D eigenvalue weighted by atomic mass is 10.1. The third-order valence-electron chi connectivity index (χ3n) is 6.15. The van der Waals surface area contributed by atoms with Gasteiger partial charge in [-0.05, 0) is 42.3 Å². The molecule has 206 valence electrons. The summed E-state index contributed by atoms with van der Waals surface area (Å²) in [5.74, 6) is 0.0757. The Balaban J connectivity index is 1.21. The number of carbonyl (C=O) groups is 1. The van der Waals surface area contributed by atoms with Crippen LogP contribution in [0.2, 0.25) is 0 Å². The maximum Gasteiger partial charge on any atom is 0.324 e. The van der Waals surface area contributed by atoms with Gasteiger partial charge in [0.05, 0.1) is 29.0 Å².